The van der Waals surface area contributed by atoms with Crippen molar-refractivity contribution in [2.45, 2.75) is 12.5 Å². The summed E-state index contributed by atoms with van der Waals surface area (Å²) >= 11 is 5.83. The third kappa shape index (κ3) is 2.67. The fourth-order valence-electron chi connectivity index (χ4n) is 2.22. The normalized spacial score (nSPS) is 21.8. The summed E-state index contributed by atoms with van der Waals surface area (Å²) in [5, 5.41) is 0.494. The number of anilines is 1. The van der Waals surface area contributed by atoms with E-state index in [-0.39, 0.29) is 17.5 Å². The van der Waals surface area contributed by atoms with Crippen LogP contribution in [0, 0.1) is 0 Å². The molecule has 1 unspecified atom stereocenters. The van der Waals surface area contributed by atoms with Gasteiger partial charge in [-0.2, -0.15) is 0 Å². The van der Waals surface area contributed by atoms with E-state index in [2.05, 4.69) is 0 Å². The molecule has 6 heteroatoms. The SMILES string of the molecule is CN(c1ccc(Cl)cc1C=O)C1CCS(=O)(=O)C1. The van der Waals surface area contributed by atoms with E-state index in [0.29, 0.717) is 17.0 Å². The molecule has 0 spiro atoms. The number of hydrogen-bond acceptors (Lipinski definition) is 4. The molecule has 1 aliphatic heterocycles. The van der Waals surface area contributed by atoms with Gasteiger partial charge in [0.05, 0.1) is 11.5 Å². The Bertz CT molecular complexity index is 571. The minimum absolute atomic E-state index is 0.0742. The average Bonchev–Trinajstić information content (AvgIpc) is 2.68. The van der Waals surface area contributed by atoms with Gasteiger partial charge in [-0.25, -0.2) is 8.42 Å². The maximum absolute atomic E-state index is 11.5. The fraction of sp³-hybridized carbons (Fsp3) is 0.417. The Morgan fingerprint density at radius 1 is 1.44 bits per heavy atom. The van der Waals surface area contributed by atoms with Gasteiger partial charge in [0.2, 0.25) is 0 Å². The lowest BCUT2D eigenvalue weighted by Crippen LogP contribution is -2.33. The van der Waals surface area contributed by atoms with Crippen molar-refractivity contribution in [3.05, 3.63) is 28.8 Å². The van der Waals surface area contributed by atoms with Crippen LogP contribution in [0.3, 0.4) is 0 Å². The lowest BCUT2D eigenvalue weighted by Gasteiger charge is -2.26. The Labute approximate surface area is 111 Å². The lowest BCUT2D eigenvalue weighted by molar-refractivity contribution is 0.112. The second kappa shape index (κ2) is 4.90. The summed E-state index contributed by atoms with van der Waals surface area (Å²) in [4.78, 5) is 12.9. The Balaban J connectivity index is 2.29. The summed E-state index contributed by atoms with van der Waals surface area (Å²) < 4.78 is 22.9. The average molecular weight is 288 g/mol. The smallest absolute Gasteiger partial charge is 0.152 e. The van der Waals surface area contributed by atoms with Gasteiger partial charge in [-0.3, -0.25) is 4.79 Å². The highest BCUT2D eigenvalue weighted by atomic mass is 35.5. The van der Waals surface area contributed by atoms with E-state index >= 15 is 0 Å². The van der Waals surface area contributed by atoms with E-state index in [0.717, 1.165) is 12.0 Å². The molecule has 1 fully saturated rings. The van der Waals surface area contributed by atoms with Gasteiger partial charge in [-0.05, 0) is 24.6 Å². The molecule has 0 aromatic heterocycles. The number of hydrogen-bond donors (Lipinski definition) is 0. The zero-order valence-electron chi connectivity index (χ0n) is 9.97. The highest BCUT2D eigenvalue weighted by molar-refractivity contribution is 7.91. The summed E-state index contributed by atoms with van der Waals surface area (Å²) in [6.45, 7) is 0. The van der Waals surface area contributed by atoms with Crippen LogP contribution in [-0.4, -0.2) is 39.3 Å². The minimum atomic E-state index is -2.93. The lowest BCUT2D eigenvalue weighted by atomic mass is 10.1. The van der Waals surface area contributed by atoms with Gasteiger partial charge < -0.3 is 4.90 Å². The number of benzene rings is 1. The third-order valence-corrected chi connectivity index (χ3v) is 5.24. The highest BCUT2D eigenvalue weighted by Gasteiger charge is 2.31. The Kier molecular flexibility index (Phi) is 3.64. The van der Waals surface area contributed by atoms with E-state index in [4.69, 9.17) is 11.6 Å². The number of aldehydes is 1. The number of carbonyl (C=O) groups is 1. The Morgan fingerprint density at radius 2 is 2.17 bits per heavy atom. The summed E-state index contributed by atoms with van der Waals surface area (Å²) in [5.41, 5.74) is 1.20. The summed E-state index contributed by atoms with van der Waals surface area (Å²) in [5.74, 6) is 0.358. The monoisotopic (exact) mass is 287 g/mol. The minimum Gasteiger partial charge on any atom is -0.370 e. The summed E-state index contributed by atoms with van der Waals surface area (Å²) in [7, 11) is -1.12. The molecule has 0 amide bonds. The predicted molar refractivity (Wildman–Crippen MR) is 72.3 cm³/mol. The molecule has 1 aromatic carbocycles. The first-order valence-corrected chi connectivity index (χ1v) is 7.81. The van der Waals surface area contributed by atoms with E-state index in [1.54, 1.807) is 18.2 Å². The van der Waals surface area contributed by atoms with Crippen LogP contribution >= 0.6 is 11.6 Å². The van der Waals surface area contributed by atoms with Crippen molar-refractivity contribution in [2.24, 2.45) is 0 Å². The van der Waals surface area contributed by atoms with E-state index < -0.39 is 9.84 Å². The Morgan fingerprint density at radius 3 is 2.72 bits per heavy atom. The number of nitrogens with zero attached hydrogens (tertiary/aromatic N) is 1. The zero-order valence-corrected chi connectivity index (χ0v) is 11.5. The van der Waals surface area contributed by atoms with E-state index in [1.807, 2.05) is 11.9 Å². The van der Waals surface area contributed by atoms with Crippen LogP contribution in [0.1, 0.15) is 16.8 Å². The van der Waals surface area contributed by atoms with E-state index in [1.165, 1.54) is 0 Å². The molecule has 0 N–H and O–H groups in total. The van der Waals surface area contributed by atoms with Gasteiger partial charge in [0.15, 0.2) is 16.1 Å². The first-order valence-electron chi connectivity index (χ1n) is 5.61. The first-order chi connectivity index (χ1) is 8.43. The van der Waals surface area contributed by atoms with Crippen LogP contribution in [0.25, 0.3) is 0 Å². The molecule has 1 saturated heterocycles. The largest absolute Gasteiger partial charge is 0.370 e. The predicted octanol–water partition coefficient (Wildman–Crippen LogP) is 1.78. The van der Waals surface area contributed by atoms with Crippen molar-refractivity contribution >= 4 is 33.4 Å². The van der Waals surface area contributed by atoms with Gasteiger partial charge in [0.25, 0.3) is 0 Å². The maximum atomic E-state index is 11.5. The molecule has 1 heterocycles. The molecule has 2 rings (SSSR count). The van der Waals surface area contributed by atoms with Crippen molar-refractivity contribution in [2.75, 3.05) is 23.5 Å². The Hall–Kier alpha value is -1.07. The molecule has 0 aliphatic carbocycles. The van der Waals surface area contributed by atoms with Gasteiger partial charge in [-0.1, -0.05) is 11.6 Å². The number of rotatable bonds is 3. The topological polar surface area (TPSA) is 54.5 Å². The van der Waals surface area contributed by atoms with Crippen LogP contribution in [0.4, 0.5) is 5.69 Å². The standard InChI is InChI=1S/C12H14ClNO3S/c1-14(11-4-5-18(16,17)8-11)12-3-2-10(13)6-9(12)7-15/h2-3,6-7,11H,4-5,8H2,1H3. The summed E-state index contributed by atoms with van der Waals surface area (Å²) in [6.07, 6.45) is 1.33. The van der Waals surface area contributed by atoms with Crippen molar-refractivity contribution in [3.8, 4) is 0 Å². The van der Waals surface area contributed by atoms with Gasteiger partial charge >= 0.3 is 0 Å². The molecule has 98 valence electrons. The van der Waals surface area contributed by atoms with Crippen molar-refractivity contribution in [1.82, 2.24) is 0 Å². The van der Waals surface area contributed by atoms with Crippen LogP contribution in [0.5, 0.6) is 0 Å². The second-order valence-electron chi connectivity index (χ2n) is 4.49. The van der Waals surface area contributed by atoms with Crippen molar-refractivity contribution < 1.29 is 13.2 Å². The first kappa shape index (κ1) is 13.4. The van der Waals surface area contributed by atoms with Crippen molar-refractivity contribution in [1.29, 1.82) is 0 Å². The quantitative estimate of drug-likeness (QED) is 0.795. The fourth-order valence-corrected chi connectivity index (χ4v) is 4.17. The molecule has 1 atom stereocenters. The van der Waals surface area contributed by atoms with Crippen LogP contribution in [0.2, 0.25) is 5.02 Å². The van der Waals surface area contributed by atoms with Crippen LogP contribution in [-0.2, 0) is 9.84 Å². The van der Waals surface area contributed by atoms with Crippen molar-refractivity contribution in [3.63, 3.8) is 0 Å². The highest BCUT2D eigenvalue weighted by Crippen LogP contribution is 2.27. The maximum Gasteiger partial charge on any atom is 0.152 e. The molecular formula is C12H14ClNO3S. The van der Waals surface area contributed by atoms with Gasteiger partial charge in [0.1, 0.15) is 0 Å². The number of sulfone groups is 1. The molecule has 1 aliphatic rings. The van der Waals surface area contributed by atoms with Gasteiger partial charge in [0, 0.05) is 29.4 Å². The molecular weight excluding hydrogens is 274 g/mol. The molecule has 1 aromatic rings. The molecule has 0 saturated carbocycles. The van der Waals surface area contributed by atoms with Gasteiger partial charge in [-0.15, -0.1) is 0 Å². The molecule has 0 bridgehead atoms. The van der Waals surface area contributed by atoms with Crippen LogP contribution < -0.4 is 4.90 Å². The molecule has 0 radical (unpaired) electrons. The van der Waals surface area contributed by atoms with E-state index in [9.17, 15) is 13.2 Å². The third-order valence-electron chi connectivity index (χ3n) is 3.25. The number of carbonyl (C=O) groups excluding carboxylic acids is 1. The number of halogens is 1. The molecule has 18 heavy (non-hydrogen) atoms. The summed E-state index contributed by atoms with van der Waals surface area (Å²) in [6, 6.07) is 4.96. The second-order valence-corrected chi connectivity index (χ2v) is 7.15. The molecule has 4 nitrogen and oxygen atoms in total. The van der Waals surface area contributed by atoms with Crippen LogP contribution in [0.15, 0.2) is 18.2 Å². The zero-order chi connectivity index (χ0) is 13.3.